The van der Waals surface area contributed by atoms with Crippen molar-refractivity contribution in [3.63, 3.8) is 0 Å². The van der Waals surface area contributed by atoms with Gasteiger partial charge in [0.05, 0.1) is 19.6 Å². The Morgan fingerprint density at radius 2 is 0.889 bits per heavy atom. The van der Waals surface area contributed by atoms with Crippen molar-refractivity contribution < 1.29 is 52.8 Å². The van der Waals surface area contributed by atoms with Crippen LogP contribution in [0.1, 0.15) is 140 Å². The second-order valence-corrected chi connectivity index (χ2v) is 25.7. The maximum Gasteiger partial charge on any atom is 0.264 e. The minimum atomic E-state index is -4.06. The zero-order chi connectivity index (χ0) is 59.2. The maximum atomic E-state index is 12.6. The summed E-state index contributed by atoms with van der Waals surface area (Å²) in [7, 11) is -15.4. The number of unbranched alkanes of at least 4 members (excludes halogenated alkanes) is 4. The molecule has 0 radical (unpaired) electrons. The van der Waals surface area contributed by atoms with E-state index in [0.29, 0.717) is 82.7 Å². The lowest BCUT2D eigenvalue weighted by molar-refractivity contribution is -0.126. The Kier molecular flexibility index (Phi) is 30.8. The van der Waals surface area contributed by atoms with Gasteiger partial charge >= 0.3 is 0 Å². The molecule has 2 unspecified atom stereocenters. The SMILES string of the molecule is C.CCC(CCCCCC(=O)CCCc1ccc(S(=O)(=O)N=[N+]=[N-])cc1)C(=O)NCCc1ccc(S(=O)(=O)N=[N+]=[N-])cc1.CCC(CCCCCC(=O)CCc1cccc(S(=O)(=O)N=[N+]=[N-])c1)C(=O)NCc1cccc(S(C)(=O)=O)c1. The Morgan fingerprint density at radius 1 is 0.469 bits per heavy atom. The number of aryl methyl sites for hydroxylation is 2. The first-order chi connectivity index (χ1) is 38.0. The van der Waals surface area contributed by atoms with Crippen LogP contribution in [0.5, 0.6) is 0 Å². The van der Waals surface area contributed by atoms with Crippen molar-refractivity contribution in [3.05, 3.63) is 151 Å². The summed E-state index contributed by atoms with van der Waals surface area (Å²) < 4.78 is 102. The smallest absolute Gasteiger partial charge is 0.264 e. The first kappa shape index (κ1) is 70.0. The largest absolute Gasteiger partial charge is 0.356 e. The van der Waals surface area contributed by atoms with Crippen molar-refractivity contribution in [1.29, 1.82) is 0 Å². The predicted molar refractivity (Wildman–Crippen MR) is 308 cm³/mol. The molecule has 4 aromatic carbocycles. The molecule has 4 aromatic rings. The number of nitrogens with zero attached hydrogens (tertiary/aromatic N) is 9. The van der Waals surface area contributed by atoms with E-state index in [0.717, 1.165) is 61.5 Å². The molecule has 0 spiro atoms. The van der Waals surface area contributed by atoms with E-state index in [4.69, 9.17) is 16.6 Å². The van der Waals surface area contributed by atoms with Crippen molar-refractivity contribution in [2.24, 2.45) is 25.4 Å². The van der Waals surface area contributed by atoms with Gasteiger partial charge in [0.25, 0.3) is 30.1 Å². The lowest BCUT2D eigenvalue weighted by Crippen LogP contribution is -2.32. The average Bonchev–Trinajstić information content (AvgIpc) is 3.42. The number of hydrogen-bond acceptors (Lipinski definition) is 12. The Hall–Kier alpha value is -7.11. The van der Waals surface area contributed by atoms with Crippen molar-refractivity contribution in [2.45, 2.75) is 163 Å². The van der Waals surface area contributed by atoms with Crippen LogP contribution in [0, 0.1) is 11.8 Å². The number of azide groups is 3. The zero-order valence-corrected chi connectivity index (χ0v) is 48.4. The van der Waals surface area contributed by atoms with Crippen molar-refractivity contribution in [1.82, 2.24) is 10.6 Å². The highest BCUT2D eigenvalue weighted by Crippen LogP contribution is 2.21. The number of amides is 2. The predicted octanol–water partition coefficient (Wildman–Crippen LogP) is 11.4. The molecule has 81 heavy (non-hydrogen) atoms. The van der Waals surface area contributed by atoms with Gasteiger partial charge in [-0.1, -0.05) is 95.5 Å². The molecule has 0 aliphatic carbocycles. The van der Waals surface area contributed by atoms with Crippen molar-refractivity contribution in [3.8, 4) is 0 Å². The summed E-state index contributed by atoms with van der Waals surface area (Å²) in [5.74, 6) is -0.124. The summed E-state index contributed by atoms with van der Waals surface area (Å²) in [6, 6.07) is 24.6. The fourth-order valence-electron chi connectivity index (χ4n) is 8.34. The molecule has 27 heteroatoms. The van der Waals surface area contributed by atoms with Gasteiger partial charge in [-0.15, -0.1) is 0 Å². The second kappa shape index (κ2) is 35.6. The molecule has 2 N–H and O–H groups in total. The van der Waals surface area contributed by atoms with E-state index in [9.17, 15) is 52.8 Å². The monoisotopic (exact) mass is 1200 g/mol. The minimum Gasteiger partial charge on any atom is -0.356 e. The number of Topliss-reactive ketones (excluding diaryl/α,β-unsaturated/α-hetero) is 2. The van der Waals surface area contributed by atoms with Gasteiger partial charge in [-0.3, -0.25) is 19.2 Å². The van der Waals surface area contributed by atoms with E-state index in [1.165, 1.54) is 42.5 Å². The first-order valence-corrected chi connectivity index (χ1v) is 32.3. The quantitative estimate of drug-likeness (QED) is 0.0188. The van der Waals surface area contributed by atoms with Crippen LogP contribution in [-0.4, -0.2) is 69.9 Å². The molecular formula is C54H73N11O12S4. The van der Waals surface area contributed by atoms with Crippen LogP contribution in [0.4, 0.5) is 0 Å². The van der Waals surface area contributed by atoms with Gasteiger partial charge in [-0.05, 0) is 152 Å². The van der Waals surface area contributed by atoms with Crippen LogP contribution in [0.2, 0.25) is 0 Å². The molecule has 2 amide bonds. The number of sulfonamides is 3. The summed E-state index contributed by atoms with van der Waals surface area (Å²) in [5, 5.41) is 5.82. The van der Waals surface area contributed by atoms with E-state index in [-0.39, 0.29) is 75.2 Å². The molecular weight excluding hydrogens is 1120 g/mol. The lowest BCUT2D eigenvalue weighted by atomic mass is 9.96. The van der Waals surface area contributed by atoms with Gasteiger partial charge < -0.3 is 10.6 Å². The van der Waals surface area contributed by atoms with Crippen LogP contribution in [0.15, 0.2) is 130 Å². The Bertz CT molecular complexity index is 3340. The van der Waals surface area contributed by atoms with Crippen LogP contribution in [-0.2, 0) is 84.9 Å². The number of nitrogens with one attached hydrogen (secondary N) is 2. The highest BCUT2D eigenvalue weighted by Gasteiger charge is 2.19. The minimum absolute atomic E-state index is 0. The Labute approximate surface area is 476 Å². The third-order valence-electron chi connectivity index (χ3n) is 12.9. The van der Waals surface area contributed by atoms with E-state index in [1.807, 2.05) is 13.8 Å². The molecule has 0 aromatic heterocycles. The molecule has 0 bridgehead atoms. The maximum absolute atomic E-state index is 12.6. The molecule has 0 heterocycles. The highest BCUT2D eigenvalue weighted by molar-refractivity contribution is 7.91. The van der Waals surface area contributed by atoms with Crippen LogP contribution in [0.3, 0.4) is 0 Å². The second-order valence-electron chi connectivity index (χ2n) is 18.9. The normalized spacial score (nSPS) is 12.0. The van der Waals surface area contributed by atoms with E-state index in [1.54, 1.807) is 54.6 Å². The van der Waals surface area contributed by atoms with Crippen molar-refractivity contribution >= 4 is 63.3 Å². The molecule has 0 saturated heterocycles. The van der Waals surface area contributed by atoms with Gasteiger partial charge in [0.15, 0.2) is 9.84 Å². The van der Waals surface area contributed by atoms with E-state index < -0.39 is 39.9 Å². The zero-order valence-electron chi connectivity index (χ0n) is 45.1. The van der Waals surface area contributed by atoms with Gasteiger partial charge in [0.2, 0.25) is 11.8 Å². The first-order valence-electron chi connectivity index (χ1n) is 26.1. The van der Waals surface area contributed by atoms with Gasteiger partial charge in [-0.2, -0.15) is 0 Å². The molecule has 4 rings (SSSR count). The highest BCUT2D eigenvalue weighted by atomic mass is 32.2. The number of carbonyl (C=O) groups excluding carboxylic acids is 4. The molecule has 0 fully saturated rings. The van der Waals surface area contributed by atoms with Crippen LogP contribution in [0.25, 0.3) is 31.3 Å². The average molecular weight is 1200 g/mol. The molecule has 0 saturated carbocycles. The van der Waals surface area contributed by atoms with Gasteiger partial charge in [0, 0.05) is 85.2 Å². The topological polar surface area (TPSA) is 375 Å². The molecule has 23 nitrogen and oxygen atoms in total. The molecule has 0 aliphatic heterocycles. The third kappa shape index (κ3) is 25.9. The fraction of sp³-hybridized carbons (Fsp3) is 0.481. The Balaban J connectivity index is 0.000000549. The number of hydrogen-bond donors (Lipinski definition) is 2. The van der Waals surface area contributed by atoms with E-state index in [2.05, 4.69) is 38.9 Å². The molecule has 440 valence electrons. The summed E-state index contributed by atoms with van der Waals surface area (Å²) in [6.07, 6.45) is 12.6. The fourth-order valence-corrected chi connectivity index (χ4v) is 11.1. The Morgan fingerprint density at radius 3 is 1.37 bits per heavy atom. The lowest BCUT2D eigenvalue weighted by Gasteiger charge is -2.15. The van der Waals surface area contributed by atoms with Gasteiger partial charge in [-0.25, -0.2) is 33.7 Å². The standard InChI is InChI=1S/C27H35N7O6S2.C26H34N4O6S2.CH4/c1-2-23(27(36)30-20-19-22-13-17-26(18-14-22)42(39,40)34-32-29)8-4-3-5-9-24(35)10-6-7-21-11-15-25(16-12-21)41(37,38)33-31-28;1-3-22(26(32)28-19-21-10-8-13-24(18-21)37(2,33)34)11-5-4-6-12-23(31)16-15-20-9-7-14-25(17-20)38(35,36)30-29-27;/h11-18,23H,2-10,19-20H2,1H3,(H,30,36);7-10,13-14,17-18,22H,3-6,11-12,15-16,19H2,1-2H3,(H,28,32);1H4. The molecule has 0 aliphatic rings. The summed E-state index contributed by atoms with van der Waals surface area (Å²) in [5.41, 5.74) is 28.2. The van der Waals surface area contributed by atoms with Gasteiger partial charge in [0.1, 0.15) is 11.6 Å². The molecule has 2 atom stereocenters. The van der Waals surface area contributed by atoms with E-state index >= 15 is 0 Å². The number of rotatable bonds is 35. The summed E-state index contributed by atoms with van der Waals surface area (Å²) >= 11 is 0. The van der Waals surface area contributed by atoms with Crippen molar-refractivity contribution in [2.75, 3.05) is 12.8 Å². The third-order valence-corrected chi connectivity index (χ3v) is 17.5. The summed E-state index contributed by atoms with van der Waals surface area (Å²) in [4.78, 5) is 56.7. The van der Waals surface area contributed by atoms with Crippen LogP contribution >= 0.6 is 0 Å². The number of benzene rings is 4. The number of carbonyl (C=O) groups is 4. The van der Waals surface area contributed by atoms with Crippen LogP contribution < -0.4 is 10.6 Å². The number of ketones is 2. The number of sulfone groups is 1. The summed E-state index contributed by atoms with van der Waals surface area (Å²) in [6.45, 7) is 4.58.